The molecule has 0 atom stereocenters. The highest BCUT2D eigenvalue weighted by atomic mass is 14.8. The van der Waals surface area contributed by atoms with Gasteiger partial charge in [0.25, 0.3) is 0 Å². The molecule has 18 heavy (non-hydrogen) atoms. The lowest BCUT2D eigenvalue weighted by molar-refractivity contribution is 1.14. The molecule has 88 valence electrons. The molecule has 2 heteroatoms. The molecule has 0 radical (unpaired) electrons. The van der Waals surface area contributed by atoms with Crippen LogP contribution in [0.2, 0.25) is 0 Å². The molecule has 0 saturated heterocycles. The molecule has 3 aromatic rings. The van der Waals surface area contributed by atoms with Crippen molar-refractivity contribution >= 4 is 10.9 Å². The van der Waals surface area contributed by atoms with Crippen molar-refractivity contribution in [3.63, 3.8) is 0 Å². The maximum Gasteiger partial charge on any atom is 0.0896 e. The van der Waals surface area contributed by atoms with E-state index in [4.69, 9.17) is 4.98 Å². The van der Waals surface area contributed by atoms with Crippen LogP contribution in [0.4, 0.5) is 0 Å². The van der Waals surface area contributed by atoms with Crippen molar-refractivity contribution in [1.29, 1.82) is 0 Å². The SMILES string of the molecule is CCc1cc(-c2ccccn2)nc2ccccc12. The first-order chi connectivity index (χ1) is 8.88. The van der Waals surface area contributed by atoms with Gasteiger partial charge in [0.15, 0.2) is 0 Å². The Morgan fingerprint density at radius 1 is 0.944 bits per heavy atom. The predicted octanol–water partition coefficient (Wildman–Crippen LogP) is 3.86. The van der Waals surface area contributed by atoms with Crippen LogP contribution in [-0.4, -0.2) is 9.97 Å². The van der Waals surface area contributed by atoms with Crippen LogP contribution in [0.5, 0.6) is 0 Å². The van der Waals surface area contributed by atoms with Crippen LogP contribution < -0.4 is 0 Å². The minimum Gasteiger partial charge on any atom is -0.255 e. The van der Waals surface area contributed by atoms with E-state index >= 15 is 0 Å². The Kier molecular flexibility index (Phi) is 2.77. The van der Waals surface area contributed by atoms with Gasteiger partial charge < -0.3 is 0 Å². The summed E-state index contributed by atoms with van der Waals surface area (Å²) < 4.78 is 0. The Bertz CT molecular complexity index is 675. The van der Waals surface area contributed by atoms with Crippen molar-refractivity contribution < 1.29 is 0 Å². The summed E-state index contributed by atoms with van der Waals surface area (Å²) in [6.07, 6.45) is 2.81. The average Bonchev–Trinajstić information content (AvgIpc) is 2.47. The lowest BCUT2D eigenvalue weighted by Gasteiger charge is -2.07. The van der Waals surface area contributed by atoms with Gasteiger partial charge in [-0.3, -0.25) is 4.98 Å². The molecule has 0 amide bonds. The summed E-state index contributed by atoms with van der Waals surface area (Å²) in [6.45, 7) is 2.17. The van der Waals surface area contributed by atoms with Gasteiger partial charge in [-0.1, -0.05) is 31.2 Å². The van der Waals surface area contributed by atoms with Gasteiger partial charge in [0.2, 0.25) is 0 Å². The molecule has 2 nitrogen and oxygen atoms in total. The topological polar surface area (TPSA) is 25.8 Å². The van der Waals surface area contributed by atoms with Crippen molar-refractivity contribution in [1.82, 2.24) is 9.97 Å². The summed E-state index contributed by atoms with van der Waals surface area (Å²) in [5, 5.41) is 1.24. The highest BCUT2D eigenvalue weighted by Gasteiger charge is 2.06. The molecular formula is C16H14N2. The smallest absolute Gasteiger partial charge is 0.0896 e. The molecule has 2 aromatic heterocycles. The van der Waals surface area contributed by atoms with Gasteiger partial charge in [0.1, 0.15) is 0 Å². The number of aryl methyl sites for hydroxylation is 1. The molecule has 0 N–H and O–H groups in total. The van der Waals surface area contributed by atoms with Crippen LogP contribution in [0.3, 0.4) is 0 Å². The number of rotatable bonds is 2. The van der Waals surface area contributed by atoms with Crippen LogP contribution in [0.1, 0.15) is 12.5 Å². The summed E-state index contributed by atoms with van der Waals surface area (Å²) in [5.74, 6) is 0. The normalized spacial score (nSPS) is 10.7. The molecule has 2 heterocycles. The van der Waals surface area contributed by atoms with Gasteiger partial charge in [-0.25, -0.2) is 4.98 Å². The van der Waals surface area contributed by atoms with Gasteiger partial charge in [-0.05, 0) is 36.2 Å². The van der Waals surface area contributed by atoms with Crippen LogP contribution in [0, 0.1) is 0 Å². The zero-order chi connectivity index (χ0) is 12.4. The van der Waals surface area contributed by atoms with E-state index in [9.17, 15) is 0 Å². The van der Waals surface area contributed by atoms with Crippen molar-refractivity contribution in [2.24, 2.45) is 0 Å². The van der Waals surface area contributed by atoms with E-state index in [0.29, 0.717) is 0 Å². The van der Waals surface area contributed by atoms with Crippen LogP contribution in [0.15, 0.2) is 54.7 Å². The molecule has 0 bridgehead atoms. The standard InChI is InChI=1S/C16H14N2/c1-2-12-11-16(15-9-5-6-10-17-15)18-14-8-4-3-7-13(12)14/h3-11H,2H2,1H3. The number of hydrogen-bond acceptors (Lipinski definition) is 2. The minimum atomic E-state index is 0.929. The number of pyridine rings is 2. The second-order valence-electron chi connectivity index (χ2n) is 4.25. The number of para-hydroxylation sites is 1. The summed E-state index contributed by atoms with van der Waals surface area (Å²) in [6, 6.07) is 16.3. The van der Waals surface area contributed by atoms with E-state index < -0.39 is 0 Å². The van der Waals surface area contributed by atoms with E-state index in [1.807, 2.05) is 24.3 Å². The van der Waals surface area contributed by atoms with Gasteiger partial charge in [0.05, 0.1) is 16.9 Å². The van der Waals surface area contributed by atoms with Crippen molar-refractivity contribution in [3.8, 4) is 11.4 Å². The van der Waals surface area contributed by atoms with Crippen LogP contribution >= 0.6 is 0 Å². The molecule has 0 fully saturated rings. The molecule has 0 aliphatic carbocycles. The second-order valence-corrected chi connectivity index (χ2v) is 4.25. The first-order valence-electron chi connectivity index (χ1n) is 6.18. The molecular weight excluding hydrogens is 220 g/mol. The molecule has 0 saturated carbocycles. The monoisotopic (exact) mass is 234 g/mol. The molecule has 3 rings (SSSR count). The van der Waals surface area contributed by atoms with Gasteiger partial charge in [-0.2, -0.15) is 0 Å². The number of aromatic nitrogens is 2. The summed E-state index contributed by atoms with van der Waals surface area (Å²) in [7, 11) is 0. The first kappa shape index (κ1) is 10.9. The molecule has 0 aliphatic heterocycles. The third-order valence-electron chi connectivity index (χ3n) is 3.11. The zero-order valence-electron chi connectivity index (χ0n) is 10.3. The summed E-state index contributed by atoms with van der Waals surface area (Å²) >= 11 is 0. The fourth-order valence-corrected chi connectivity index (χ4v) is 2.19. The van der Waals surface area contributed by atoms with Gasteiger partial charge in [-0.15, -0.1) is 0 Å². The maximum absolute atomic E-state index is 4.69. The van der Waals surface area contributed by atoms with E-state index in [1.54, 1.807) is 6.20 Å². The van der Waals surface area contributed by atoms with Crippen molar-refractivity contribution in [3.05, 3.63) is 60.3 Å². The van der Waals surface area contributed by atoms with E-state index in [2.05, 4.69) is 36.2 Å². The van der Waals surface area contributed by atoms with E-state index in [1.165, 1.54) is 10.9 Å². The number of hydrogen-bond donors (Lipinski definition) is 0. The van der Waals surface area contributed by atoms with E-state index in [0.717, 1.165) is 23.3 Å². The highest BCUT2D eigenvalue weighted by Crippen LogP contribution is 2.23. The number of nitrogens with zero attached hydrogens (tertiary/aromatic N) is 2. The Morgan fingerprint density at radius 3 is 2.56 bits per heavy atom. The van der Waals surface area contributed by atoms with Crippen molar-refractivity contribution in [2.45, 2.75) is 13.3 Å². The third kappa shape index (κ3) is 1.86. The maximum atomic E-state index is 4.69. The Morgan fingerprint density at radius 2 is 1.78 bits per heavy atom. The summed E-state index contributed by atoms with van der Waals surface area (Å²) in [4.78, 5) is 9.06. The lowest BCUT2D eigenvalue weighted by Crippen LogP contribution is -1.92. The largest absolute Gasteiger partial charge is 0.255 e. The highest BCUT2D eigenvalue weighted by molar-refractivity contribution is 5.84. The molecule has 1 aromatic carbocycles. The number of fused-ring (bicyclic) bond motifs is 1. The third-order valence-corrected chi connectivity index (χ3v) is 3.11. The minimum absolute atomic E-state index is 0.929. The van der Waals surface area contributed by atoms with Crippen molar-refractivity contribution in [2.75, 3.05) is 0 Å². The van der Waals surface area contributed by atoms with Gasteiger partial charge in [0, 0.05) is 11.6 Å². The Balaban J connectivity index is 2.26. The fourth-order valence-electron chi connectivity index (χ4n) is 2.19. The van der Waals surface area contributed by atoms with E-state index in [-0.39, 0.29) is 0 Å². The fraction of sp³-hybridized carbons (Fsp3) is 0.125. The second kappa shape index (κ2) is 4.57. The van der Waals surface area contributed by atoms with Crippen LogP contribution in [-0.2, 0) is 6.42 Å². The average molecular weight is 234 g/mol. The predicted molar refractivity (Wildman–Crippen MR) is 74.4 cm³/mol. The lowest BCUT2D eigenvalue weighted by atomic mass is 10.0. The van der Waals surface area contributed by atoms with Crippen LogP contribution in [0.25, 0.3) is 22.3 Å². The van der Waals surface area contributed by atoms with Gasteiger partial charge >= 0.3 is 0 Å². The number of benzene rings is 1. The Hall–Kier alpha value is -2.22. The summed E-state index contributed by atoms with van der Waals surface area (Å²) in [5.41, 5.74) is 4.24. The molecule has 0 aliphatic rings. The Labute approximate surface area is 106 Å². The first-order valence-corrected chi connectivity index (χ1v) is 6.18. The quantitative estimate of drug-likeness (QED) is 0.673. The zero-order valence-corrected chi connectivity index (χ0v) is 10.3. The molecule has 0 unspecified atom stereocenters. The molecule has 0 spiro atoms.